The molecule has 5 aromatic carbocycles. The minimum atomic E-state index is 0.506. The Morgan fingerprint density at radius 3 is 2.30 bits per heavy atom. The molecule has 33 heavy (non-hydrogen) atoms. The van der Waals surface area contributed by atoms with E-state index >= 15 is 0 Å². The third-order valence-electron chi connectivity index (χ3n) is 6.34. The predicted molar refractivity (Wildman–Crippen MR) is 136 cm³/mol. The molecule has 6 aromatic rings. The van der Waals surface area contributed by atoms with Crippen molar-refractivity contribution in [1.82, 2.24) is 4.57 Å². The first-order valence-electron chi connectivity index (χ1n) is 10.9. The first kappa shape index (κ1) is 19.0. The highest BCUT2D eigenvalue weighted by atomic mass is 15.0. The second-order valence-corrected chi connectivity index (χ2v) is 8.11. The number of benzene rings is 5. The normalized spacial score (nSPS) is 11.1. The monoisotopic (exact) mass is 421 g/mol. The molecule has 0 fully saturated rings. The molecular formula is C30H19N3. The van der Waals surface area contributed by atoms with Crippen LogP contribution in [0.2, 0.25) is 0 Å². The number of hydrogen-bond acceptors (Lipinski definition) is 2. The molecule has 1 aromatic heterocycles. The van der Waals surface area contributed by atoms with Crippen LogP contribution in [0.3, 0.4) is 0 Å². The van der Waals surface area contributed by atoms with Gasteiger partial charge in [-0.3, -0.25) is 0 Å². The second kappa shape index (κ2) is 7.47. The van der Waals surface area contributed by atoms with Gasteiger partial charge in [0, 0.05) is 22.6 Å². The molecular weight excluding hydrogens is 402 g/mol. The lowest BCUT2D eigenvalue weighted by molar-refractivity contribution is 1.17. The Bertz CT molecular complexity index is 1730. The Balaban J connectivity index is 1.80. The summed E-state index contributed by atoms with van der Waals surface area (Å²) in [7, 11) is 0. The van der Waals surface area contributed by atoms with E-state index in [4.69, 9.17) is 5.41 Å². The number of nitrogens with zero attached hydrogens (tertiary/aromatic N) is 2. The molecule has 3 nitrogen and oxygen atoms in total. The average molecular weight is 422 g/mol. The fourth-order valence-electron chi connectivity index (χ4n) is 4.85. The fourth-order valence-corrected chi connectivity index (χ4v) is 4.85. The van der Waals surface area contributed by atoms with Crippen molar-refractivity contribution in [2.45, 2.75) is 0 Å². The van der Waals surface area contributed by atoms with Crippen LogP contribution < -0.4 is 0 Å². The molecule has 154 valence electrons. The number of hydrogen-bond donors (Lipinski definition) is 1. The van der Waals surface area contributed by atoms with Crippen molar-refractivity contribution in [2.24, 2.45) is 0 Å². The van der Waals surface area contributed by atoms with E-state index in [0.29, 0.717) is 11.1 Å². The Hall–Kier alpha value is -4.68. The van der Waals surface area contributed by atoms with Gasteiger partial charge < -0.3 is 9.98 Å². The van der Waals surface area contributed by atoms with Gasteiger partial charge in [0.25, 0.3) is 0 Å². The van der Waals surface area contributed by atoms with Gasteiger partial charge in [-0.15, -0.1) is 0 Å². The van der Waals surface area contributed by atoms with Crippen LogP contribution in [0.25, 0.3) is 49.4 Å². The number of aromatic nitrogens is 1. The molecule has 0 atom stereocenters. The quantitative estimate of drug-likeness (QED) is 0.296. The van der Waals surface area contributed by atoms with Gasteiger partial charge in [-0.25, -0.2) is 0 Å². The van der Waals surface area contributed by atoms with E-state index in [-0.39, 0.29) is 0 Å². The topological polar surface area (TPSA) is 52.6 Å². The van der Waals surface area contributed by atoms with E-state index in [1.54, 1.807) is 0 Å². The lowest BCUT2D eigenvalue weighted by Crippen LogP contribution is -2.00. The zero-order chi connectivity index (χ0) is 22.4. The van der Waals surface area contributed by atoms with Crippen molar-refractivity contribution in [3.8, 4) is 22.9 Å². The van der Waals surface area contributed by atoms with Crippen LogP contribution in [0.15, 0.2) is 103 Å². The van der Waals surface area contributed by atoms with Gasteiger partial charge in [-0.2, -0.15) is 5.26 Å². The maximum Gasteiger partial charge on any atom is 0.102 e. The summed E-state index contributed by atoms with van der Waals surface area (Å²) in [5, 5.41) is 22.4. The van der Waals surface area contributed by atoms with Gasteiger partial charge in [-0.05, 0) is 46.2 Å². The summed E-state index contributed by atoms with van der Waals surface area (Å²) >= 11 is 0. The van der Waals surface area contributed by atoms with E-state index in [1.807, 2.05) is 24.3 Å². The predicted octanol–water partition coefficient (Wildman–Crippen LogP) is 7.47. The number of rotatable bonds is 3. The molecule has 0 bridgehead atoms. The highest BCUT2D eigenvalue weighted by Crippen LogP contribution is 2.39. The van der Waals surface area contributed by atoms with Gasteiger partial charge in [0.05, 0.1) is 22.3 Å². The minimum absolute atomic E-state index is 0.506. The molecule has 0 unspecified atom stereocenters. The molecule has 3 heteroatoms. The van der Waals surface area contributed by atoms with E-state index in [9.17, 15) is 5.26 Å². The van der Waals surface area contributed by atoms with Crippen LogP contribution >= 0.6 is 0 Å². The number of nitrogens with one attached hydrogen (secondary N) is 1. The summed E-state index contributed by atoms with van der Waals surface area (Å²) in [5.74, 6) is 0. The van der Waals surface area contributed by atoms with Gasteiger partial charge in [0.1, 0.15) is 6.07 Å². The van der Waals surface area contributed by atoms with E-state index in [2.05, 4.69) is 89.5 Å². The number of fused-ring (bicyclic) bond motifs is 5. The van der Waals surface area contributed by atoms with Gasteiger partial charge in [-0.1, -0.05) is 78.9 Å². The van der Waals surface area contributed by atoms with E-state index in [1.165, 1.54) is 27.9 Å². The molecule has 0 saturated heterocycles. The minimum Gasteiger partial charge on any atom is -0.308 e. The van der Waals surface area contributed by atoms with Gasteiger partial charge in [0.2, 0.25) is 0 Å². The molecule has 0 spiro atoms. The maximum absolute atomic E-state index is 9.97. The van der Waals surface area contributed by atoms with Gasteiger partial charge >= 0.3 is 0 Å². The molecule has 0 radical (unpaired) electrons. The highest BCUT2D eigenvalue weighted by Gasteiger charge is 2.18. The Labute approximate surface area is 191 Å². The third kappa shape index (κ3) is 2.86. The lowest BCUT2D eigenvalue weighted by atomic mass is 10.0. The summed E-state index contributed by atoms with van der Waals surface area (Å²) < 4.78 is 2.16. The van der Waals surface area contributed by atoms with Crippen LogP contribution in [0.1, 0.15) is 11.1 Å². The van der Waals surface area contributed by atoms with Crippen molar-refractivity contribution in [2.75, 3.05) is 0 Å². The maximum atomic E-state index is 9.97. The van der Waals surface area contributed by atoms with E-state index < -0.39 is 0 Å². The zero-order valence-corrected chi connectivity index (χ0v) is 17.8. The van der Waals surface area contributed by atoms with Crippen LogP contribution in [0.4, 0.5) is 0 Å². The van der Waals surface area contributed by atoms with Crippen molar-refractivity contribution in [3.05, 3.63) is 114 Å². The zero-order valence-electron chi connectivity index (χ0n) is 17.8. The highest BCUT2D eigenvalue weighted by molar-refractivity contribution is 6.22. The van der Waals surface area contributed by atoms with E-state index in [0.717, 1.165) is 27.7 Å². The Morgan fingerprint density at radius 1 is 0.697 bits per heavy atom. The standard InChI is InChI=1S/C30H19N3/c31-18-23-10-6-12-27(26(23)19-32)33-28-15-14-22(20-7-2-1-3-8-20)17-25(28)30-24-11-5-4-9-21(24)13-16-29(30)33/h1-18,31H. The molecule has 0 aliphatic rings. The van der Waals surface area contributed by atoms with Crippen molar-refractivity contribution in [3.63, 3.8) is 0 Å². The molecule has 0 saturated carbocycles. The first-order valence-corrected chi connectivity index (χ1v) is 10.9. The number of nitriles is 1. The Kier molecular flexibility index (Phi) is 4.31. The first-order chi connectivity index (χ1) is 16.3. The van der Waals surface area contributed by atoms with Crippen LogP contribution in [0, 0.1) is 16.7 Å². The second-order valence-electron chi connectivity index (χ2n) is 8.11. The molecule has 6 rings (SSSR count). The molecule has 0 aliphatic carbocycles. The molecule has 1 heterocycles. The van der Waals surface area contributed by atoms with Crippen molar-refractivity contribution >= 4 is 38.8 Å². The van der Waals surface area contributed by atoms with Crippen LogP contribution in [0.5, 0.6) is 0 Å². The van der Waals surface area contributed by atoms with Crippen molar-refractivity contribution < 1.29 is 0 Å². The lowest BCUT2D eigenvalue weighted by Gasteiger charge is -2.12. The third-order valence-corrected chi connectivity index (χ3v) is 6.34. The summed E-state index contributed by atoms with van der Waals surface area (Å²) in [5.41, 5.74) is 6.33. The van der Waals surface area contributed by atoms with Crippen molar-refractivity contribution in [1.29, 1.82) is 10.7 Å². The summed E-state index contributed by atoms with van der Waals surface area (Å²) in [6.45, 7) is 0. The summed E-state index contributed by atoms with van der Waals surface area (Å²) in [6, 6.07) is 37.6. The largest absolute Gasteiger partial charge is 0.308 e. The molecule has 1 N–H and O–H groups in total. The van der Waals surface area contributed by atoms with Gasteiger partial charge in [0.15, 0.2) is 0 Å². The summed E-state index contributed by atoms with van der Waals surface area (Å²) in [6.07, 6.45) is 1.25. The average Bonchev–Trinajstić information content (AvgIpc) is 3.22. The molecule has 0 amide bonds. The SMILES string of the molecule is N#Cc1c(C=N)cccc1-n1c2ccc(-c3ccccc3)cc2c2c3ccccc3ccc21. The molecule has 0 aliphatic heterocycles. The Morgan fingerprint density at radius 2 is 1.48 bits per heavy atom. The smallest absolute Gasteiger partial charge is 0.102 e. The van der Waals surface area contributed by atoms with Crippen LogP contribution in [-0.2, 0) is 0 Å². The van der Waals surface area contributed by atoms with Crippen LogP contribution in [-0.4, -0.2) is 10.8 Å². The summed E-state index contributed by atoms with van der Waals surface area (Å²) in [4.78, 5) is 0. The fraction of sp³-hybridized carbons (Fsp3) is 0.